The number of nitrogens with one attached hydrogen (secondary N) is 2. The Morgan fingerprint density at radius 2 is 2.29 bits per heavy atom. The summed E-state index contributed by atoms with van der Waals surface area (Å²) >= 11 is 3.42. The molecule has 0 aliphatic carbocycles. The summed E-state index contributed by atoms with van der Waals surface area (Å²) in [4.78, 5) is 26.3. The molecule has 0 spiro atoms. The first-order valence-corrected chi connectivity index (χ1v) is 9.47. The molecule has 2 fully saturated rings. The summed E-state index contributed by atoms with van der Waals surface area (Å²) in [6.07, 6.45) is 3.76. The summed E-state index contributed by atoms with van der Waals surface area (Å²) in [5, 5.41) is 6.42. The maximum atomic E-state index is 12.4. The van der Waals surface area contributed by atoms with Gasteiger partial charge in [-0.3, -0.25) is 9.59 Å². The van der Waals surface area contributed by atoms with Gasteiger partial charge in [-0.1, -0.05) is 22.0 Å². The number of carbonyl (C=O) groups is 2. The van der Waals surface area contributed by atoms with Crippen LogP contribution in [0.15, 0.2) is 28.7 Å². The molecule has 2 aliphatic heterocycles. The molecule has 0 saturated carbocycles. The van der Waals surface area contributed by atoms with E-state index in [1.807, 2.05) is 24.3 Å². The molecule has 2 unspecified atom stereocenters. The minimum atomic E-state index is -0.249. The SMILES string of the molecule is O=C(NCCC1CCCNC1)C1CC(=O)N(c2cccc(Br)c2)C1. The van der Waals surface area contributed by atoms with Crippen molar-refractivity contribution >= 4 is 33.4 Å². The summed E-state index contributed by atoms with van der Waals surface area (Å²) in [5.41, 5.74) is 0.845. The lowest BCUT2D eigenvalue weighted by molar-refractivity contribution is -0.126. The van der Waals surface area contributed by atoms with Crippen LogP contribution >= 0.6 is 15.9 Å². The van der Waals surface area contributed by atoms with E-state index in [2.05, 4.69) is 26.6 Å². The van der Waals surface area contributed by atoms with Gasteiger partial charge >= 0.3 is 0 Å². The van der Waals surface area contributed by atoms with Gasteiger partial charge in [0.25, 0.3) is 0 Å². The van der Waals surface area contributed by atoms with Crippen LogP contribution < -0.4 is 15.5 Å². The monoisotopic (exact) mass is 393 g/mol. The fraction of sp³-hybridized carbons (Fsp3) is 0.556. The fourth-order valence-electron chi connectivity index (χ4n) is 3.49. The Morgan fingerprint density at radius 1 is 1.42 bits per heavy atom. The first-order chi connectivity index (χ1) is 11.6. The van der Waals surface area contributed by atoms with Crippen molar-refractivity contribution in [2.24, 2.45) is 11.8 Å². The standard InChI is InChI=1S/C18H24BrN3O2/c19-15-4-1-5-16(10-15)22-12-14(9-17(22)23)18(24)21-8-6-13-3-2-7-20-11-13/h1,4-5,10,13-14,20H,2-3,6-9,11-12H2,(H,21,24). The topological polar surface area (TPSA) is 61.4 Å². The van der Waals surface area contributed by atoms with Crippen molar-refractivity contribution in [1.82, 2.24) is 10.6 Å². The average molecular weight is 394 g/mol. The highest BCUT2D eigenvalue weighted by atomic mass is 79.9. The van der Waals surface area contributed by atoms with Crippen LogP contribution in [0.2, 0.25) is 0 Å². The van der Waals surface area contributed by atoms with E-state index in [9.17, 15) is 9.59 Å². The van der Waals surface area contributed by atoms with E-state index >= 15 is 0 Å². The highest BCUT2D eigenvalue weighted by Gasteiger charge is 2.35. The first-order valence-electron chi connectivity index (χ1n) is 8.68. The van der Waals surface area contributed by atoms with Crippen molar-refractivity contribution in [2.45, 2.75) is 25.7 Å². The van der Waals surface area contributed by atoms with Gasteiger partial charge in [-0.05, 0) is 56.5 Å². The molecule has 0 bridgehead atoms. The van der Waals surface area contributed by atoms with Gasteiger partial charge < -0.3 is 15.5 Å². The maximum Gasteiger partial charge on any atom is 0.227 e. The van der Waals surface area contributed by atoms with Crippen LogP contribution in [0, 0.1) is 11.8 Å². The number of benzene rings is 1. The number of carbonyl (C=O) groups excluding carboxylic acids is 2. The second kappa shape index (κ2) is 8.12. The van der Waals surface area contributed by atoms with Crippen LogP contribution in [0.3, 0.4) is 0 Å². The smallest absolute Gasteiger partial charge is 0.227 e. The van der Waals surface area contributed by atoms with Gasteiger partial charge in [0, 0.05) is 29.7 Å². The average Bonchev–Trinajstić information content (AvgIpc) is 2.98. The third-order valence-corrected chi connectivity index (χ3v) is 5.36. The Labute approximate surface area is 151 Å². The minimum Gasteiger partial charge on any atom is -0.356 e. The molecule has 1 aromatic carbocycles. The molecule has 3 rings (SSSR count). The molecule has 2 saturated heterocycles. The molecule has 1 aromatic rings. The van der Waals surface area contributed by atoms with Crippen LogP contribution in [0.4, 0.5) is 5.69 Å². The molecule has 130 valence electrons. The number of nitrogens with zero attached hydrogens (tertiary/aromatic N) is 1. The Bertz CT molecular complexity index is 602. The number of amides is 2. The van der Waals surface area contributed by atoms with E-state index in [4.69, 9.17) is 0 Å². The number of hydrogen-bond donors (Lipinski definition) is 2. The summed E-state index contributed by atoms with van der Waals surface area (Å²) in [6.45, 7) is 3.33. The van der Waals surface area contributed by atoms with Crippen LogP contribution in [0.1, 0.15) is 25.7 Å². The quantitative estimate of drug-likeness (QED) is 0.806. The van der Waals surface area contributed by atoms with Crippen molar-refractivity contribution < 1.29 is 9.59 Å². The third-order valence-electron chi connectivity index (χ3n) is 4.87. The van der Waals surface area contributed by atoms with Crippen LogP contribution in [0.25, 0.3) is 0 Å². The van der Waals surface area contributed by atoms with Gasteiger partial charge in [-0.15, -0.1) is 0 Å². The predicted octanol–water partition coefficient (Wildman–Crippen LogP) is 2.31. The zero-order valence-corrected chi connectivity index (χ0v) is 15.3. The highest BCUT2D eigenvalue weighted by Crippen LogP contribution is 2.27. The molecule has 2 amide bonds. The lowest BCUT2D eigenvalue weighted by atomic mass is 9.96. The van der Waals surface area contributed by atoms with E-state index < -0.39 is 0 Å². The third kappa shape index (κ3) is 4.36. The molecule has 0 aromatic heterocycles. The number of piperidine rings is 1. The molecule has 2 heterocycles. The molecular weight excluding hydrogens is 370 g/mol. The Kier molecular flexibility index (Phi) is 5.89. The van der Waals surface area contributed by atoms with Crippen LogP contribution in [0.5, 0.6) is 0 Å². The van der Waals surface area contributed by atoms with Gasteiger partial charge in [-0.2, -0.15) is 0 Å². The molecule has 0 radical (unpaired) electrons. The van der Waals surface area contributed by atoms with Crippen LogP contribution in [-0.2, 0) is 9.59 Å². The van der Waals surface area contributed by atoms with E-state index in [0.717, 1.165) is 29.7 Å². The summed E-state index contributed by atoms with van der Waals surface area (Å²) in [7, 11) is 0. The highest BCUT2D eigenvalue weighted by molar-refractivity contribution is 9.10. The fourth-order valence-corrected chi connectivity index (χ4v) is 3.88. The number of rotatable bonds is 5. The van der Waals surface area contributed by atoms with Gasteiger partial charge in [-0.25, -0.2) is 0 Å². The maximum absolute atomic E-state index is 12.4. The number of halogens is 1. The molecule has 2 N–H and O–H groups in total. The Morgan fingerprint density at radius 3 is 3.04 bits per heavy atom. The van der Waals surface area contributed by atoms with E-state index in [-0.39, 0.29) is 17.7 Å². The normalized spacial score (nSPS) is 24.2. The van der Waals surface area contributed by atoms with Gasteiger partial charge in [0.15, 0.2) is 0 Å². The van der Waals surface area contributed by atoms with Crippen molar-refractivity contribution in [3.8, 4) is 0 Å². The molecule has 2 atom stereocenters. The number of anilines is 1. The first kappa shape index (κ1) is 17.4. The molecule has 6 heteroatoms. The predicted molar refractivity (Wildman–Crippen MR) is 97.8 cm³/mol. The van der Waals surface area contributed by atoms with Crippen LogP contribution in [-0.4, -0.2) is 38.0 Å². The van der Waals surface area contributed by atoms with E-state index in [1.165, 1.54) is 12.8 Å². The zero-order chi connectivity index (χ0) is 16.9. The van der Waals surface area contributed by atoms with Crippen molar-refractivity contribution in [3.05, 3.63) is 28.7 Å². The Balaban J connectivity index is 1.48. The van der Waals surface area contributed by atoms with Crippen molar-refractivity contribution in [3.63, 3.8) is 0 Å². The second-order valence-electron chi connectivity index (χ2n) is 6.68. The summed E-state index contributed by atoms with van der Waals surface area (Å²) < 4.78 is 0.932. The summed E-state index contributed by atoms with van der Waals surface area (Å²) in [5.74, 6) is 0.428. The van der Waals surface area contributed by atoms with Gasteiger partial charge in [0.2, 0.25) is 11.8 Å². The van der Waals surface area contributed by atoms with Crippen molar-refractivity contribution in [2.75, 3.05) is 31.1 Å². The molecular formula is C18H24BrN3O2. The van der Waals surface area contributed by atoms with Crippen molar-refractivity contribution in [1.29, 1.82) is 0 Å². The molecule has 5 nitrogen and oxygen atoms in total. The second-order valence-corrected chi connectivity index (χ2v) is 7.59. The van der Waals surface area contributed by atoms with Gasteiger partial charge in [0.05, 0.1) is 5.92 Å². The van der Waals surface area contributed by atoms with E-state index in [0.29, 0.717) is 25.4 Å². The van der Waals surface area contributed by atoms with E-state index in [1.54, 1.807) is 4.90 Å². The zero-order valence-electron chi connectivity index (χ0n) is 13.8. The molecule has 2 aliphatic rings. The lowest BCUT2D eigenvalue weighted by Crippen LogP contribution is -2.36. The Hall–Kier alpha value is -1.40. The number of hydrogen-bond acceptors (Lipinski definition) is 3. The summed E-state index contributed by atoms with van der Waals surface area (Å²) in [6, 6.07) is 7.64. The minimum absolute atomic E-state index is 0.00427. The molecule has 24 heavy (non-hydrogen) atoms. The largest absolute Gasteiger partial charge is 0.356 e. The lowest BCUT2D eigenvalue weighted by Gasteiger charge is -2.23. The van der Waals surface area contributed by atoms with Gasteiger partial charge in [0.1, 0.15) is 0 Å².